The Morgan fingerprint density at radius 1 is 1.35 bits per heavy atom. The fraction of sp³-hybridized carbons (Fsp3) is 0.429. The van der Waals surface area contributed by atoms with Crippen LogP contribution < -0.4 is 11.1 Å². The Morgan fingerprint density at radius 2 is 2.29 bits per heavy atom. The number of anilines is 1. The molecule has 1 aliphatic heterocycles. The zero-order valence-electron chi connectivity index (χ0n) is 9.95. The van der Waals surface area contributed by atoms with E-state index >= 15 is 0 Å². The van der Waals surface area contributed by atoms with Crippen LogP contribution in [0.15, 0.2) is 18.2 Å². The van der Waals surface area contributed by atoms with Crippen molar-refractivity contribution in [2.24, 2.45) is 0 Å². The lowest BCUT2D eigenvalue weighted by molar-refractivity contribution is -0.704. The monoisotopic (exact) mass is 228 g/mol. The molecule has 2 heterocycles. The highest BCUT2D eigenvalue weighted by Gasteiger charge is 2.32. The molecule has 0 spiro atoms. The van der Waals surface area contributed by atoms with Crippen LogP contribution in [-0.2, 0) is 13.0 Å². The third kappa shape index (κ3) is 1.20. The van der Waals surface area contributed by atoms with E-state index in [1.54, 1.807) is 11.3 Å². The summed E-state index contributed by atoms with van der Waals surface area (Å²) in [5.41, 5.74) is 11.4. The number of nitrogen functional groups attached to an aromatic ring is 1. The van der Waals surface area contributed by atoms with Crippen molar-refractivity contribution in [3.8, 4) is 0 Å². The molecule has 0 saturated heterocycles. The van der Waals surface area contributed by atoms with Gasteiger partial charge in [-0.25, -0.2) is 0 Å². The van der Waals surface area contributed by atoms with Gasteiger partial charge in [0.2, 0.25) is 0 Å². The number of hydrogen-bond donors (Lipinski definition) is 2. The number of nitrogens with zero attached hydrogens (tertiary/aromatic N) is 1. The van der Waals surface area contributed by atoms with E-state index in [2.05, 4.69) is 22.0 Å². The van der Waals surface area contributed by atoms with Crippen molar-refractivity contribution in [2.75, 3.05) is 12.3 Å². The van der Waals surface area contributed by atoms with Gasteiger partial charge in [-0.05, 0) is 36.6 Å². The molecule has 0 saturated carbocycles. The van der Waals surface area contributed by atoms with Gasteiger partial charge in [0.05, 0.1) is 18.8 Å². The first-order valence-corrected chi connectivity index (χ1v) is 6.58. The highest BCUT2D eigenvalue weighted by molar-refractivity contribution is 5.88. The molecule has 3 heteroatoms. The van der Waals surface area contributed by atoms with E-state index in [4.69, 9.17) is 5.73 Å². The Morgan fingerprint density at radius 3 is 3.24 bits per heavy atom. The molecule has 4 N–H and O–H groups in total. The van der Waals surface area contributed by atoms with Crippen LogP contribution >= 0.6 is 0 Å². The maximum Gasteiger partial charge on any atom is 0.127 e. The summed E-state index contributed by atoms with van der Waals surface area (Å²) in [5.74, 6) is 0. The number of nitrogens with two attached hydrogens (primary N) is 2. The first kappa shape index (κ1) is 9.54. The zero-order chi connectivity index (χ0) is 11.4. The lowest BCUT2D eigenvalue weighted by atomic mass is 9.91. The van der Waals surface area contributed by atoms with Crippen LogP contribution in [0.4, 0.5) is 5.69 Å². The molecule has 2 aliphatic rings. The largest absolute Gasteiger partial charge is 0.399 e. The van der Waals surface area contributed by atoms with E-state index < -0.39 is 0 Å². The highest BCUT2D eigenvalue weighted by Crippen LogP contribution is 2.37. The van der Waals surface area contributed by atoms with Crippen LogP contribution in [-0.4, -0.2) is 11.1 Å². The Hall–Kier alpha value is -1.48. The Balaban J connectivity index is 2.11. The first-order valence-electron chi connectivity index (χ1n) is 6.58. The molecule has 4 rings (SSSR count). The van der Waals surface area contributed by atoms with Gasteiger partial charge >= 0.3 is 0 Å². The van der Waals surface area contributed by atoms with Crippen molar-refractivity contribution in [3.05, 3.63) is 29.5 Å². The fourth-order valence-corrected chi connectivity index (χ4v) is 3.66. The summed E-state index contributed by atoms with van der Waals surface area (Å²) < 4.78 is 2.54. The molecule has 2 aromatic rings. The molecule has 17 heavy (non-hydrogen) atoms. The maximum absolute atomic E-state index is 5.94. The lowest BCUT2D eigenvalue weighted by Crippen LogP contribution is -2.88. The summed E-state index contributed by atoms with van der Waals surface area (Å²) in [6.45, 7) is 2.36. The van der Waals surface area contributed by atoms with Gasteiger partial charge in [0, 0.05) is 23.0 Å². The SMILES string of the molecule is Nc1ccc2c(c1)c1c3n2CC[NH2+]C3CCC1. The van der Waals surface area contributed by atoms with Crippen molar-refractivity contribution in [3.63, 3.8) is 0 Å². The predicted molar refractivity (Wildman–Crippen MR) is 68.8 cm³/mol. The van der Waals surface area contributed by atoms with Crippen LogP contribution in [0.1, 0.15) is 30.1 Å². The van der Waals surface area contributed by atoms with Crippen LogP contribution in [0, 0.1) is 0 Å². The van der Waals surface area contributed by atoms with Gasteiger partial charge in [0.25, 0.3) is 0 Å². The van der Waals surface area contributed by atoms with Gasteiger partial charge in [-0.2, -0.15) is 0 Å². The van der Waals surface area contributed by atoms with Crippen LogP contribution in [0.5, 0.6) is 0 Å². The minimum atomic E-state index is 0.695. The summed E-state index contributed by atoms with van der Waals surface area (Å²) in [6.07, 6.45) is 3.88. The molecule has 0 fully saturated rings. The minimum Gasteiger partial charge on any atom is -0.399 e. The Labute approximate surface area is 101 Å². The molecule has 0 bridgehead atoms. The van der Waals surface area contributed by atoms with Crippen molar-refractivity contribution in [1.82, 2.24) is 4.57 Å². The van der Waals surface area contributed by atoms with Crippen LogP contribution in [0.25, 0.3) is 10.9 Å². The molecule has 1 aliphatic carbocycles. The molecule has 88 valence electrons. The summed E-state index contributed by atoms with van der Waals surface area (Å²) >= 11 is 0. The van der Waals surface area contributed by atoms with Crippen LogP contribution in [0.3, 0.4) is 0 Å². The summed E-state index contributed by atoms with van der Waals surface area (Å²) in [6, 6.07) is 7.09. The summed E-state index contributed by atoms with van der Waals surface area (Å²) in [5, 5.41) is 3.92. The first-order chi connectivity index (χ1) is 8.34. The number of hydrogen-bond acceptors (Lipinski definition) is 1. The van der Waals surface area contributed by atoms with E-state index in [0.29, 0.717) is 6.04 Å². The van der Waals surface area contributed by atoms with Crippen LogP contribution in [0.2, 0.25) is 0 Å². The van der Waals surface area contributed by atoms with Crippen molar-refractivity contribution in [2.45, 2.75) is 31.8 Å². The van der Waals surface area contributed by atoms with E-state index in [1.807, 2.05) is 6.07 Å². The van der Waals surface area contributed by atoms with Crippen molar-refractivity contribution < 1.29 is 5.32 Å². The minimum absolute atomic E-state index is 0.695. The molecular formula is C14H18N3+. The fourth-order valence-electron chi connectivity index (χ4n) is 3.66. The third-order valence-corrected chi connectivity index (χ3v) is 4.33. The molecular weight excluding hydrogens is 210 g/mol. The smallest absolute Gasteiger partial charge is 0.127 e. The topological polar surface area (TPSA) is 47.6 Å². The van der Waals surface area contributed by atoms with Gasteiger partial charge in [0.1, 0.15) is 6.04 Å². The number of aryl methyl sites for hydroxylation is 1. The summed E-state index contributed by atoms with van der Waals surface area (Å²) in [7, 11) is 0. The summed E-state index contributed by atoms with van der Waals surface area (Å²) in [4.78, 5) is 0. The van der Waals surface area contributed by atoms with Gasteiger partial charge in [-0.3, -0.25) is 0 Å². The second kappa shape index (κ2) is 3.26. The predicted octanol–water partition coefficient (Wildman–Crippen LogP) is 1.18. The molecule has 3 nitrogen and oxygen atoms in total. The van der Waals surface area contributed by atoms with E-state index in [-0.39, 0.29) is 0 Å². The second-order valence-electron chi connectivity index (χ2n) is 5.32. The van der Waals surface area contributed by atoms with Crippen molar-refractivity contribution >= 4 is 16.6 Å². The normalized spacial score (nSPS) is 22.7. The third-order valence-electron chi connectivity index (χ3n) is 4.33. The van der Waals surface area contributed by atoms with E-state index in [1.165, 1.54) is 36.7 Å². The number of aromatic nitrogens is 1. The van der Waals surface area contributed by atoms with Gasteiger partial charge in [-0.1, -0.05) is 0 Å². The lowest BCUT2D eigenvalue weighted by Gasteiger charge is -2.27. The molecule has 0 amide bonds. The average molecular weight is 228 g/mol. The molecule has 0 radical (unpaired) electrons. The molecule has 1 aromatic carbocycles. The average Bonchev–Trinajstić information content (AvgIpc) is 2.67. The number of rotatable bonds is 0. The van der Waals surface area contributed by atoms with Gasteiger partial charge in [-0.15, -0.1) is 0 Å². The number of fused-ring (bicyclic) bond motifs is 3. The highest BCUT2D eigenvalue weighted by atomic mass is 15.1. The number of benzene rings is 1. The Kier molecular flexibility index (Phi) is 1.83. The standard InChI is InChI=1S/C14H17N3/c15-9-4-5-13-11(8-9)10-2-1-3-12-14(10)17(13)7-6-16-12/h4-5,8,12,16H,1-3,6-7,15H2/p+1. The molecule has 1 atom stereocenters. The van der Waals surface area contributed by atoms with Crippen molar-refractivity contribution in [1.29, 1.82) is 0 Å². The quantitative estimate of drug-likeness (QED) is 0.653. The van der Waals surface area contributed by atoms with E-state index in [0.717, 1.165) is 12.2 Å². The maximum atomic E-state index is 5.94. The van der Waals surface area contributed by atoms with E-state index in [9.17, 15) is 0 Å². The molecule has 1 unspecified atom stereocenters. The molecule has 1 aromatic heterocycles. The Bertz CT molecular complexity index is 595. The van der Waals surface area contributed by atoms with Gasteiger partial charge < -0.3 is 15.6 Å². The second-order valence-corrected chi connectivity index (χ2v) is 5.32. The van der Waals surface area contributed by atoms with Gasteiger partial charge in [0.15, 0.2) is 0 Å². The number of quaternary nitrogens is 1. The zero-order valence-corrected chi connectivity index (χ0v) is 9.95.